The van der Waals surface area contributed by atoms with Crippen LogP contribution < -0.4 is 10.5 Å². The Hall–Kier alpha value is -1.81. The molecule has 0 aliphatic heterocycles. The summed E-state index contributed by atoms with van der Waals surface area (Å²) in [5.74, 6) is 0.653. The Morgan fingerprint density at radius 1 is 1.21 bits per heavy atom. The maximum absolute atomic E-state index is 12.2. The smallest absolute Gasteiger partial charge is 0.169 e. The van der Waals surface area contributed by atoms with Gasteiger partial charge in [0, 0.05) is 28.2 Å². The Kier molecular flexibility index (Phi) is 4.22. The van der Waals surface area contributed by atoms with Gasteiger partial charge in [0.2, 0.25) is 0 Å². The van der Waals surface area contributed by atoms with Gasteiger partial charge in [0.25, 0.3) is 0 Å². The summed E-state index contributed by atoms with van der Waals surface area (Å²) in [5.41, 5.74) is 7.81. The van der Waals surface area contributed by atoms with Crippen molar-refractivity contribution in [1.82, 2.24) is 0 Å². The molecule has 0 saturated carbocycles. The van der Waals surface area contributed by atoms with E-state index < -0.39 is 0 Å². The van der Waals surface area contributed by atoms with Crippen molar-refractivity contribution in [1.29, 1.82) is 0 Å². The van der Waals surface area contributed by atoms with Gasteiger partial charge >= 0.3 is 0 Å². The van der Waals surface area contributed by atoms with Crippen molar-refractivity contribution in [3.05, 3.63) is 58.1 Å². The maximum atomic E-state index is 12.2. The predicted molar refractivity (Wildman–Crippen MR) is 79.6 cm³/mol. The lowest BCUT2D eigenvalue weighted by molar-refractivity contribution is 0.0994. The summed E-state index contributed by atoms with van der Waals surface area (Å²) in [4.78, 5) is 12.2. The minimum Gasteiger partial charge on any atom is -0.497 e. The van der Waals surface area contributed by atoms with Gasteiger partial charge in [-0.1, -0.05) is 28.1 Å². The molecule has 4 heteroatoms. The normalized spacial score (nSPS) is 10.2. The molecule has 2 aromatic rings. The van der Waals surface area contributed by atoms with Crippen molar-refractivity contribution in [2.24, 2.45) is 0 Å². The number of ketones is 1. The van der Waals surface area contributed by atoms with Crippen molar-refractivity contribution in [3.8, 4) is 5.75 Å². The zero-order chi connectivity index (χ0) is 13.8. The largest absolute Gasteiger partial charge is 0.497 e. The number of anilines is 1. The first-order valence-electron chi connectivity index (χ1n) is 5.81. The molecule has 0 fully saturated rings. The number of carbonyl (C=O) groups excluding carboxylic acids is 1. The minimum atomic E-state index is 0.00229. The third-order valence-electron chi connectivity index (χ3n) is 2.84. The lowest BCUT2D eigenvalue weighted by atomic mass is 10.0. The summed E-state index contributed by atoms with van der Waals surface area (Å²) in [6, 6.07) is 12.8. The summed E-state index contributed by atoms with van der Waals surface area (Å²) < 4.78 is 6.06. The Bertz CT molecular complexity index is 594. The fraction of sp³-hybridized carbons (Fsp3) is 0.133. The molecule has 19 heavy (non-hydrogen) atoms. The van der Waals surface area contributed by atoms with Crippen LogP contribution in [0.3, 0.4) is 0 Å². The van der Waals surface area contributed by atoms with E-state index in [2.05, 4.69) is 15.9 Å². The topological polar surface area (TPSA) is 52.3 Å². The quantitative estimate of drug-likeness (QED) is 0.693. The number of hydrogen-bond acceptors (Lipinski definition) is 3. The molecule has 2 rings (SSSR count). The van der Waals surface area contributed by atoms with E-state index in [1.807, 2.05) is 24.3 Å². The van der Waals surface area contributed by atoms with Crippen LogP contribution in [0.4, 0.5) is 5.69 Å². The van der Waals surface area contributed by atoms with E-state index >= 15 is 0 Å². The molecule has 98 valence electrons. The lowest BCUT2D eigenvalue weighted by Gasteiger charge is -2.07. The van der Waals surface area contributed by atoms with E-state index in [9.17, 15) is 4.79 Å². The first kappa shape index (κ1) is 13.6. The molecule has 0 aliphatic rings. The first-order valence-corrected chi connectivity index (χ1v) is 6.60. The lowest BCUT2D eigenvalue weighted by Crippen LogP contribution is -2.07. The van der Waals surface area contributed by atoms with Crippen LogP contribution in [0, 0.1) is 0 Å². The molecular formula is C15H14BrNO2. The average Bonchev–Trinajstić information content (AvgIpc) is 2.41. The molecule has 0 saturated heterocycles. The van der Waals surface area contributed by atoms with Crippen LogP contribution in [0.5, 0.6) is 5.75 Å². The molecule has 2 aromatic carbocycles. The summed E-state index contributed by atoms with van der Waals surface area (Å²) in [5, 5.41) is 0. The molecule has 3 nitrogen and oxygen atoms in total. The van der Waals surface area contributed by atoms with E-state index in [-0.39, 0.29) is 5.78 Å². The Balaban J connectivity index is 2.18. The second kappa shape index (κ2) is 5.89. The molecule has 0 amide bonds. The van der Waals surface area contributed by atoms with Crippen molar-refractivity contribution < 1.29 is 9.53 Å². The number of Topliss-reactive ketones (excluding diaryl/α,β-unsaturated/α-hetero) is 1. The Morgan fingerprint density at radius 2 is 1.89 bits per heavy atom. The Morgan fingerprint density at radius 3 is 2.47 bits per heavy atom. The fourth-order valence-corrected chi connectivity index (χ4v) is 2.07. The van der Waals surface area contributed by atoms with Crippen LogP contribution in [0.15, 0.2) is 46.9 Å². The molecule has 0 heterocycles. The van der Waals surface area contributed by atoms with Crippen LogP contribution in [-0.4, -0.2) is 12.9 Å². The maximum Gasteiger partial charge on any atom is 0.169 e. The number of benzene rings is 2. The number of halogens is 1. The molecule has 0 bridgehead atoms. The number of rotatable bonds is 4. The molecule has 0 aromatic heterocycles. The number of hydrogen-bond donors (Lipinski definition) is 1. The number of carbonyl (C=O) groups is 1. The van der Waals surface area contributed by atoms with E-state index in [0.717, 1.165) is 10.0 Å². The number of ether oxygens (including phenoxy) is 1. The van der Waals surface area contributed by atoms with Crippen LogP contribution in [0.25, 0.3) is 0 Å². The van der Waals surface area contributed by atoms with Crippen LogP contribution in [-0.2, 0) is 6.42 Å². The second-order valence-electron chi connectivity index (χ2n) is 4.18. The molecule has 0 aliphatic carbocycles. The van der Waals surface area contributed by atoms with E-state index in [1.54, 1.807) is 25.3 Å². The molecule has 0 unspecified atom stereocenters. The van der Waals surface area contributed by atoms with Crippen molar-refractivity contribution in [3.63, 3.8) is 0 Å². The highest BCUT2D eigenvalue weighted by atomic mass is 79.9. The highest BCUT2D eigenvalue weighted by Gasteiger charge is 2.11. The van der Waals surface area contributed by atoms with Gasteiger partial charge in [-0.05, 0) is 29.8 Å². The molecule has 0 atom stereocenters. The third-order valence-corrected chi connectivity index (χ3v) is 3.37. The summed E-state index contributed by atoms with van der Waals surface area (Å²) in [7, 11) is 1.57. The van der Waals surface area contributed by atoms with Crippen molar-refractivity contribution >= 4 is 27.4 Å². The minimum absolute atomic E-state index is 0.00229. The Labute approximate surface area is 120 Å². The summed E-state index contributed by atoms with van der Waals surface area (Å²) in [6.07, 6.45) is 0.337. The van der Waals surface area contributed by atoms with Gasteiger partial charge in [0.15, 0.2) is 5.78 Å². The van der Waals surface area contributed by atoms with Gasteiger partial charge in [-0.2, -0.15) is 0 Å². The first-order chi connectivity index (χ1) is 9.10. The van der Waals surface area contributed by atoms with Gasteiger partial charge < -0.3 is 10.5 Å². The summed E-state index contributed by atoms with van der Waals surface area (Å²) in [6.45, 7) is 0. The van der Waals surface area contributed by atoms with Crippen molar-refractivity contribution in [2.75, 3.05) is 12.8 Å². The number of nitrogen functional groups attached to an aromatic ring is 1. The van der Waals surface area contributed by atoms with E-state index in [4.69, 9.17) is 10.5 Å². The van der Waals surface area contributed by atoms with Gasteiger partial charge in [-0.3, -0.25) is 4.79 Å². The SMILES string of the molecule is COc1ccc(C(=O)Cc2ccc(Br)cc2)c(N)c1. The van der Waals surface area contributed by atoms with E-state index in [0.29, 0.717) is 23.4 Å². The predicted octanol–water partition coefficient (Wildman–Crippen LogP) is 3.47. The standard InChI is InChI=1S/C15H14BrNO2/c1-19-12-6-7-13(14(17)9-12)15(18)8-10-2-4-11(16)5-3-10/h2-7,9H,8,17H2,1H3. The van der Waals surface area contributed by atoms with Crippen molar-refractivity contribution in [2.45, 2.75) is 6.42 Å². The highest BCUT2D eigenvalue weighted by molar-refractivity contribution is 9.10. The highest BCUT2D eigenvalue weighted by Crippen LogP contribution is 2.21. The van der Waals surface area contributed by atoms with Crippen LogP contribution in [0.2, 0.25) is 0 Å². The molecule has 0 spiro atoms. The second-order valence-corrected chi connectivity index (χ2v) is 5.10. The molecular weight excluding hydrogens is 306 g/mol. The van der Waals surface area contributed by atoms with Gasteiger partial charge in [-0.15, -0.1) is 0 Å². The van der Waals surface area contributed by atoms with Gasteiger partial charge in [0.1, 0.15) is 5.75 Å². The zero-order valence-corrected chi connectivity index (χ0v) is 12.1. The fourth-order valence-electron chi connectivity index (χ4n) is 1.80. The molecule has 2 N–H and O–H groups in total. The van der Waals surface area contributed by atoms with Crippen LogP contribution >= 0.6 is 15.9 Å². The summed E-state index contributed by atoms with van der Waals surface area (Å²) >= 11 is 3.37. The van der Waals surface area contributed by atoms with Gasteiger partial charge in [0.05, 0.1) is 7.11 Å². The zero-order valence-electron chi connectivity index (χ0n) is 10.5. The monoisotopic (exact) mass is 319 g/mol. The van der Waals surface area contributed by atoms with Gasteiger partial charge in [-0.25, -0.2) is 0 Å². The van der Waals surface area contributed by atoms with E-state index in [1.165, 1.54) is 0 Å². The average molecular weight is 320 g/mol. The number of nitrogens with two attached hydrogens (primary N) is 1. The number of methoxy groups -OCH3 is 1. The third kappa shape index (κ3) is 3.35. The van der Waals surface area contributed by atoms with Crippen LogP contribution in [0.1, 0.15) is 15.9 Å². The molecule has 0 radical (unpaired) electrons.